The van der Waals surface area contributed by atoms with Gasteiger partial charge in [-0.3, -0.25) is 0 Å². The smallest absolute Gasteiger partial charge is 0.491 e. The monoisotopic (exact) mass is 186 g/mol. The van der Waals surface area contributed by atoms with E-state index in [1.165, 1.54) is 0 Å². The van der Waals surface area contributed by atoms with Crippen LogP contribution in [0.1, 0.15) is 0 Å². The van der Waals surface area contributed by atoms with Gasteiger partial charge in [-0.05, 0) is 18.2 Å². The predicted octanol–water partition coefficient (Wildman–Crippen LogP) is 0.731. The number of hydrogen-bond donors (Lipinski definition) is 2. The largest absolute Gasteiger partial charge is 0.496 e. The molecule has 64 valence electrons. The highest BCUT2D eigenvalue weighted by Gasteiger charge is 2.07. The second-order valence-corrected chi connectivity index (χ2v) is 2.69. The highest BCUT2D eigenvalue weighted by Crippen LogP contribution is 2.16. The lowest BCUT2D eigenvalue weighted by Crippen LogP contribution is -2.22. The van der Waals surface area contributed by atoms with Crippen molar-refractivity contribution in [1.29, 1.82) is 0 Å². The summed E-state index contributed by atoms with van der Waals surface area (Å²) in [4.78, 5) is 0. The highest BCUT2D eigenvalue weighted by atomic mass is 35.5. The summed E-state index contributed by atoms with van der Waals surface area (Å²) in [6.07, 6.45) is 0. The lowest BCUT2D eigenvalue weighted by molar-refractivity contribution is 0.306. The molecule has 2 N–H and O–H groups in total. The van der Waals surface area contributed by atoms with E-state index in [1.54, 1.807) is 24.3 Å². The summed E-state index contributed by atoms with van der Waals surface area (Å²) in [5, 5.41) is 17.5. The van der Waals surface area contributed by atoms with Gasteiger partial charge in [0, 0.05) is 5.02 Å². The third kappa shape index (κ3) is 3.13. The molecule has 0 fully saturated rings. The number of benzene rings is 1. The van der Waals surface area contributed by atoms with E-state index in [0.29, 0.717) is 10.8 Å². The van der Waals surface area contributed by atoms with Crippen molar-refractivity contribution in [3.05, 3.63) is 29.3 Å². The highest BCUT2D eigenvalue weighted by molar-refractivity contribution is 6.40. The molecule has 12 heavy (non-hydrogen) atoms. The SMILES string of the molecule is OB(O)COc1cccc(Cl)c1. The van der Waals surface area contributed by atoms with E-state index in [1.807, 2.05) is 0 Å². The molecule has 0 saturated heterocycles. The fraction of sp³-hybridized carbons (Fsp3) is 0.143. The Morgan fingerprint density at radius 2 is 2.17 bits per heavy atom. The number of halogens is 1. The molecule has 0 aromatic heterocycles. The van der Waals surface area contributed by atoms with Crippen molar-refractivity contribution >= 4 is 18.7 Å². The van der Waals surface area contributed by atoms with Crippen molar-refractivity contribution in [2.45, 2.75) is 0 Å². The Kier molecular flexibility index (Phi) is 3.40. The van der Waals surface area contributed by atoms with Crippen molar-refractivity contribution < 1.29 is 14.8 Å². The molecule has 0 unspecified atom stereocenters. The van der Waals surface area contributed by atoms with Crippen molar-refractivity contribution in [2.24, 2.45) is 0 Å². The molecule has 3 nitrogen and oxygen atoms in total. The second kappa shape index (κ2) is 4.35. The van der Waals surface area contributed by atoms with Crippen LogP contribution in [0.15, 0.2) is 24.3 Å². The van der Waals surface area contributed by atoms with Crippen LogP contribution in [0.5, 0.6) is 5.75 Å². The lowest BCUT2D eigenvalue weighted by atomic mass is 9.95. The van der Waals surface area contributed by atoms with E-state index in [-0.39, 0.29) is 6.51 Å². The minimum Gasteiger partial charge on any atom is -0.496 e. The Morgan fingerprint density at radius 3 is 2.75 bits per heavy atom. The Labute approximate surface area is 75.7 Å². The fourth-order valence-corrected chi connectivity index (χ4v) is 0.908. The first-order valence-electron chi connectivity index (χ1n) is 3.43. The average molecular weight is 186 g/mol. The Balaban J connectivity index is 2.52. The zero-order chi connectivity index (χ0) is 8.97. The molecule has 5 heteroatoms. The summed E-state index contributed by atoms with van der Waals surface area (Å²) in [5.74, 6) is 0.524. The van der Waals surface area contributed by atoms with Gasteiger partial charge < -0.3 is 14.8 Å². The van der Waals surface area contributed by atoms with Gasteiger partial charge >= 0.3 is 7.12 Å². The van der Waals surface area contributed by atoms with Crippen LogP contribution in [-0.4, -0.2) is 23.7 Å². The molecule has 0 spiro atoms. The van der Waals surface area contributed by atoms with Crippen LogP contribution >= 0.6 is 11.6 Å². The first-order valence-corrected chi connectivity index (χ1v) is 3.81. The molecule has 0 heterocycles. The standard InChI is InChI=1S/C7H8BClO3/c9-6-2-1-3-7(4-6)12-5-8(10)11/h1-4,10-11H,5H2. The number of rotatable bonds is 3. The van der Waals surface area contributed by atoms with E-state index in [0.717, 1.165) is 0 Å². The van der Waals surface area contributed by atoms with Crippen molar-refractivity contribution in [1.82, 2.24) is 0 Å². The maximum atomic E-state index is 8.48. The van der Waals surface area contributed by atoms with Gasteiger partial charge in [0.15, 0.2) is 0 Å². The van der Waals surface area contributed by atoms with Crippen molar-refractivity contribution in [3.63, 3.8) is 0 Å². The summed E-state index contributed by atoms with van der Waals surface area (Å²) < 4.78 is 4.96. The number of hydrogen-bond acceptors (Lipinski definition) is 3. The topological polar surface area (TPSA) is 49.7 Å². The first kappa shape index (κ1) is 9.38. The summed E-state index contributed by atoms with van der Waals surface area (Å²) in [6.45, 7) is -0.152. The maximum absolute atomic E-state index is 8.48. The van der Waals surface area contributed by atoms with Gasteiger partial charge in [0.25, 0.3) is 0 Å². The fourth-order valence-electron chi connectivity index (χ4n) is 0.728. The van der Waals surface area contributed by atoms with E-state index < -0.39 is 7.12 Å². The van der Waals surface area contributed by atoms with Gasteiger partial charge in [0.05, 0.1) is 0 Å². The first-order chi connectivity index (χ1) is 5.68. The third-order valence-electron chi connectivity index (χ3n) is 1.20. The summed E-state index contributed by atoms with van der Waals surface area (Å²) >= 11 is 5.66. The summed E-state index contributed by atoms with van der Waals surface area (Å²) in [7, 11) is -1.45. The van der Waals surface area contributed by atoms with Crippen LogP contribution in [0, 0.1) is 0 Å². The van der Waals surface area contributed by atoms with Gasteiger partial charge in [0.1, 0.15) is 12.3 Å². The van der Waals surface area contributed by atoms with Crippen LogP contribution in [0.2, 0.25) is 5.02 Å². The zero-order valence-electron chi connectivity index (χ0n) is 6.27. The molecule has 0 aliphatic rings. The maximum Gasteiger partial charge on any atom is 0.491 e. The Morgan fingerprint density at radius 1 is 1.42 bits per heavy atom. The Hall–Kier alpha value is -0.705. The van der Waals surface area contributed by atoms with Crippen molar-refractivity contribution in [3.8, 4) is 5.75 Å². The van der Waals surface area contributed by atoms with Crippen molar-refractivity contribution in [2.75, 3.05) is 6.51 Å². The van der Waals surface area contributed by atoms with E-state index in [9.17, 15) is 0 Å². The van der Waals surface area contributed by atoms with Crippen LogP contribution in [0.4, 0.5) is 0 Å². The lowest BCUT2D eigenvalue weighted by Gasteiger charge is -2.04. The quantitative estimate of drug-likeness (QED) is 0.684. The van der Waals surface area contributed by atoms with Crippen LogP contribution in [0.3, 0.4) is 0 Å². The third-order valence-corrected chi connectivity index (χ3v) is 1.43. The molecule has 0 saturated carbocycles. The molecule has 1 aromatic carbocycles. The van der Waals surface area contributed by atoms with E-state index >= 15 is 0 Å². The zero-order valence-corrected chi connectivity index (χ0v) is 7.03. The molecule has 0 aliphatic heterocycles. The molecular formula is C7H8BClO3. The summed E-state index contributed by atoms with van der Waals surface area (Å²) in [6, 6.07) is 6.73. The predicted molar refractivity (Wildman–Crippen MR) is 47.1 cm³/mol. The molecule has 1 rings (SSSR count). The van der Waals surface area contributed by atoms with E-state index in [4.69, 9.17) is 26.4 Å². The molecule has 0 amide bonds. The normalized spacial score (nSPS) is 9.58. The Bertz CT molecular complexity index is 254. The van der Waals surface area contributed by atoms with Crippen LogP contribution in [0.25, 0.3) is 0 Å². The van der Waals surface area contributed by atoms with Gasteiger partial charge in [-0.25, -0.2) is 0 Å². The molecule has 0 atom stereocenters. The average Bonchev–Trinajstić information content (AvgIpc) is 2.01. The van der Waals surface area contributed by atoms with Gasteiger partial charge in [-0.2, -0.15) is 0 Å². The molecular weight excluding hydrogens is 178 g/mol. The molecule has 0 radical (unpaired) electrons. The number of ether oxygens (including phenoxy) is 1. The van der Waals surface area contributed by atoms with Crippen LogP contribution in [-0.2, 0) is 0 Å². The van der Waals surface area contributed by atoms with Gasteiger partial charge in [-0.15, -0.1) is 0 Å². The minimum atomic E-state index is -1.45. The van der Waals surface area contributed by atoms with Crippen LogP contribution < -0.4 is 4.74 Å². The van der Waals surface area contributed by atoms with E-state index in [2.05, 4.69) is 0 Å². The van der Waals surface area contributed by atoms with Gasteiger partial charge in [0.2, 0.25) is 0 Å². The molecule has 1 aromatic rings. The molecule has 0 aliphatic carbocycles. The summed E-state index contributed by atoms with van der Waals surface area (Å²) in [5.41, 5.74) is 0. The molecule has 0 bridgehead atoms. The minimum absolute atomic E-state index is 0.152. The van der Waals surface area contributed by atoms with Gasteiger partial charge in [-0.1, -0.05) is 17.7 Å². The second-order valence-electron chi connectivity index (χ2n) is 2.25.